The van der Waals surface area contributed by atoms with E-state index in [1.807, 2.05) is 0 Å². The number of carboxylic acid groups (broad SMARTS) is 1. The van der Waals surface area contributed by atoms with Gasteiger partial charge in [-0.05, 0) is 17.7 Å². The molecule has 1 rings (SSSR count). The Labute approximate surface area is 89.7 Å². The number of amides is 1. The number of hydrogen-bond acceptors (Lipinski definition) is 2. The van der Waals surface area contributed by atoms with Crippen molar-refractivity contribution < 1.29 is 19.1 Å². The average Bonchev–Trinajstić information content (AvgIpc) is 2.19. The molecule has 0 spiro atoms. The predicted molar refractivity (Wildman–Crippen MR) is 50.9 cm³/mol. The number of nitrogens with one attached hydrogen (secondary N) is 1. The fourth-order valence-electron chi connectivity index (χ4n) is 0.908. The van der Waals surface area contributed by atoms with Crippen molar-refractivity contribution in [2.24, 2.45) is 0 Å². The van der Waals surface area contributed by atoms with E-state index in [0.717, 1.165) is 6.07 Å². The van der Waals surface area contributed by atoms with Gasteiger partial charge in [-0.25, -0.2) is 9.18 Å². The standard InChI is InChI=1S/C9H7ClFNO3/c10-6-2-1-5(3-7(6)11)4-12-8(13)9(14)15/h1-3H,4H2,(H,12,13)(H,14,15). The van der Waals surface area contributed by atoms with Crippen LogP contribution in [-0.4, -0.2) is 17.0 Å². The van der Waals surface area contributed by atoms with Crippen LogP contribution >= 0.6 is 11.6 Å². The molecule has 6 heteroatoms. The van der Waals surface area contributed by atoms with Gasteiger partial charge >= 0.3 is 11.9 Å². The zero-order valence-corrected chi connectivity index (χ0v) is 8.21. The molecule has 0 aliphatic carbocycles. The van der Waals surface area contributed by atoms with E-state index in [-0.39, 0.29) is 11.6 Å². The Bertz CT molecular complexity index is 408. The van der Waals surface area contributed by atoms with E-state index in [9.17, 15) is 14.0 Å². The van der Waals surface area contributed by atoms with Crippen LogP contribution in [0.5, 0.6) is 0 Å². The van der Waals surface area contributed by atoms with Crippen LogP contribution in [0.3, 0.4) is 0 Å². The van der Waals surface area contributed by atoms with Crippen molar-refractivity contribution >= 4 is 23.5 Å². The smallest absolute Gasteiger partial charge is 0.394 e. The van der Waals surface area contributed by atoms with Crippen LogP contribution in [0.25, 0.3) is 0 Å². The summed E-state index contributed by atoms with van der Waals surface area (Å²) >= 11 is 5.44. The Balaban J connectivity index is 2.62. The van der Waals surface area contributed by atoms with Crippen LogP contribution in [0.15, 0.2) is 18.2 Å². The van der Waals surface area contributed by atoms with E-state index in [2.05, 4.69) is 5.32 Å². The SMILES string of the molecule is O=C(O)C(=O)NCc1ccc(Cl)c(F)c1. The van der Waals surface area contributed by atoms with E-state index in [0.29, 0.717) is 5.56 Å². The molecule has 0 heterocycles. The van der Waals surface area contributed by atoms with Gasteiger partial charge < -0.3 is 10.4 Å². The highest BCUT2D eigenvalue weighted by Crippen LogP contribution is 2.15. The van der Waals surface area contributed by atoms with E-state index in [1.165, 1.54) is 12.1 Å². The van der Waals surface area contributed by atoms with Gasteiger partial charge in [-0.3, -0.25) is 4.79 Å². The maximum atomic E-state index is 12.9. The summed E-state index contributed by atoms with van der Waals surface area (Å²) in [5.74, 6) is -3.33. The number of carbonyl (C=O) groups is 2. The Kier molecular flexibility index (Phi) is 3.62. The second-order valence-corrected chi connectivity index (χ2v) is 3.14. The maximum Gasteiger partial charge on any atom is 0.394 e. The minimum Gasteiger partial charge on any atom is -0.474 e. The highest BCUT2D eigenvalue weighted by Gasteiger charge is 2.10. The first-order valence-electron chi connectivity index (χ1n) is 3.95. The monoisotopic (exact) mass is 231 g/mol. The molecule has 0 saturated heterocycles. The van der Waals surface area contributed by atoms with Gasteiger partial charge in [0.15, 0.2) is 0 Å². The molecule has 80 valence electrons. The number of carbonyl (C=O) groups excluding carboxylic acids is 1. The van der Waals surface area contributed by atoms with Crippen LogP contribution in [0, 0.1) is 5.82 Å². The molecule has 1 aromatic rings. The molecule has 0 fully saturated rings. The Hall–Kier alpha value is -1.62. The Morgan fingerprint density at radius 2 is 2.13 bits per heavy atom. The number of carboxylic acids is 1. The number of halogens is 2. The van der Waals surface area contributed by atoms with Gasteiger partial charge in [0.2, 0.25) is 0 Å². The fraction of sp³-hybridized carbons (Fsp3) is 0.111. The molecular weight excluding hydrogens is 225 g/mol. The molecule has 15 heavy (non-hydrogen) atoms. The van der Waals surface area contributed by atoms with E-state index < -0.39 is 17.7 Å². The lowest BCUT2D eigenvalue weighted by Gasteiger charge is -2.03. The molecule has 0 radical (unpaired) electrons. The lowest BCUT2D eigenvalue weighted by Crippen LogP contribution is -2.30. The van der Waals surface area contributed by atoms with Crippen molar-refractivity contribution in [1.82, 2.24) is 5.32 Å². The summed E-state index contributed by atoms with van der Waals surface area (Å²) in [7, 11) is 0. The molecule has 1 amide bonds. The van der Waals surface area contributed by atoms with Gasteiger partial charge in [0.1, 0.15) is 5.82 Å². The highest BCUT2D eigenvalue weighted by molar-refractivity contribution is 6.31. The number of hydrogen-bond donors (Lipinski definition) is 2. The molecule has 0 aliphatic rings. The van der Waals surface area contributed by atoms with Crippen LogP contribution in [0.1, 0.15) is 5.56 Å². The molecule has 2 N–H and O–H groups in total. The summed E-state index contributed by atoms with van der Waals surface area (Å²) in [4.78, 5) is 20.8. The fourth-order valence-corrected chi connectivity index (χ4v) is 1.03. The van der Waals surface area contributed by atoms with E-state index >= 15 is 0 Å². The zero-order chi connectivity index (χ0) is 11.4. The van der Waals surface area contributed by atoms with Crippen LogP contribution in [0.2, 0.25) is 5.02 Å². The first kappa shape index (κ1) is 11.5. The lowest BCUT2D eigenvalue weighted by atomic mass is 10.2. The van der Waals surface area contributed by atoms with Crippen molar-refractivity contribution in [3.8, 4) is 0 Å². The van der Waals surface area contributed by atoms with E-state index in [4.69, 9.17) is 16.7 Å². The molecule has 4 nitrogen and oxygen atoms in total. The summed E-state index contributed by atoms with van der Waals surface area (Å²) in [5, 5.41) is 10.3. The molecule has 0 aliphatic heterocycles. The summed E-state index contributed by atoms with van der Waals surface area (Å²) in [6, 6.07) is 3.96. The predicted octanol–water partition coefficient (Wildman–Crippen LogP) is 1.18. The van der Waals surface area contributed by atoms with Gasteiger partial charge in [0.25, 0.3) is 0 Å². The minimum atomic E-state index is -1.58. The van der Waals surface area contributed by atoms with Crippen molar-refractivity contribution in [2.45, 2.75) is 6.54 Å². The van der Waals surface area contributed by atoms with Gasteiger partial charge in [0, 0.05) is 6.54 Å². The largest absolute Gasteiger partial charge is 0.474 e. The Morgan fingerprint density at radius 1 is 1.47 bits per heavy atom. The van der Waals surface area contributed by atoms with Crippen LogP contribution < -0.4 is 5.32 Å². The number of benzene rings is 1. The maximum absolute atomic E-state index is 12.9. The van der Waals surface area contributed by atoms with Gasteiger partial charge in [-0.2, -0.15) is 0 Å². The molecule has 1 aromatic carbocycles. The summed E-state index contributed by atoms with van der Waals surface area (Å²) in [5.41, 5.74) is 0.437. The van der Waals surface area contributed by atoms with Crippen LogP contribution in [0.4, 0.5) is 4.39 Å². The number of aliphatic carboxylic acids is 1. The van der Waals surface area contributed by atoms with Crippen LogP contribution in [-0.2, 0) is 16.1 Å². The zero-order valence-electron chi connectivity index (χ0n) is 7.46. The Morgan fingerprint density at radius 3 is 2.67 bits per heavy atom. The van der Waals surface area contributed by atoms with Gasteiger partial charge in [0.05, 0.1) is 5.02 Å². The third-order valence-corrected chi connectivity index (χ3v) is 1.94. The molecule has 0 unspecified atom stereocenters. The molecule has 0 atom stereocenters. The summed E-state index contributed by atoms with van der Waals surface area (Å²) in [6.07, 6.45) is 0. The lowest BCUT2D eigenvalue weighted by molar-refractivity contribution is -0.150. The second kappa shape index (κ2) is 4.75. The normalized spacial score (nSPS) is 9.73. The first-order valence-corrected chi connectivity index (χ1v) is 4.33. The van der Waals surface area contributed by atoms with Gasteiger partial charge in [-0.1, -0.05) is 17.7 Å². The summed E-state index contributed by atoms with van der Waals surface area (Å²) < 4.78 is 12.9. The average molecular weight is 232 g/mol. The summed E-state index contributed by atoms with van der Waals surface area (Å²) in [6.45, 7) is -0.0563. The quantitative estimate of drug-likeness (QED) is 0.751. The van der Waals surface area contributed by atoms with E-state index in [1.54, 1.807) is 0 Å². The number of rotatable bonds is 2. The minimum absolute atomic E-state index is 0.0247. The van der Waals surface area contributed by atoms with Gasteiger partial charge in [-0.15, -0.1) is 0 Å². The van der Waals surface area contributed by atoms with Crippen molar-refractivity contribution in [1.29, 1.82) is 0 Å². The molecule has 0 aromatic heterocycles. The molecule has 0 saturated carbocycles. The third kappa shape index (κ3) is 3.21. The van der Waals surface area contributed by atoms with Crippen molar-refractivity contribution in [3.05, 3.63) is 34.6 Å². The van der Waals surface area contributed by atoms with Crippen molar-refractivity contribution in [3.63, 3.8) is 0 Å². The highest BCUT2D eigenvalue weighted by atomic mass is 35.5. The molecular formula is C9H7ClFNO3. The van der Waals surface area contributed by atoms with Crippen molar-refractivity contribution in [2.75, 3.05) is 0 Å². The first-order chi connectivity index (χ1) is 7.00. The topological polar surface area (TPSA) is 66.4 Å². The molecule has 0 bridgehead atoms. The third-order valence-electron chi connectivity index (χ3n) is 1.63. The second-order valence-electron chi connectivity index (χ2n) is 2.74.